The Kier molecular flexibility index (Phi) is 9.39. The van der Waals surface area contributed by atoms with Crippen LogP contribution in [0.25, 0.3) is 0 Å². The van der Waals surface area contributed by atoms with Gasteiger partial charge in [-0.1, -0.05) is 25.5 Å². The fourth-order valence-corrected chi connectivity index (χ4v) is 5.49. The second-order valence-electron chi connectivity index (χ2n) is 9.64. The Balaban J connectivity index is 1.44. The van der Waals surface area contributed by atoms with Crippen LogP contribution in [0, 0.1) is 5.82 Å². The number of benzene rings is 1. The van der Waals surface area contributed by atoms with Crippen molar-refractivity contribution < 1.29 is 37.0 Å². The summed E-state index contributed by atoms with van der Waals surface area (Å²) in [4.78, 5) is 28.1. The van der Waals surface area contributed by atoms with Crippen molar-refractivity contribution >= 4 is 19.5 Å². The van der Waals surface area contributed by atoms with Crippen LogP contribution in [0.4, 0.5) is 10.2 Å². The molecule has 2 aromatic rings. The quantitative estimate of drug-likeness (QED) is 0.269. The molecule has 1 saturated heterocycles. The number of rotatable bonds is 13. The van der Waals surface area contributed by atoms with Gasteiger partial charge in [0.15, 0.2) is 24.2 Å². The van der Waals surface area contributed by atoms with Crippen molar-refractivity contribution in [2.24, 2.45) is 0 Å². The zero-order valence-corrected chi connectivity index (χ0v) is 23.0. The lowest BCUT2D eigenvalue weighted by molar-refractivity contribution is -0.150. The van der Waals surface area contributed by atoms with E-state index in [9.17, 15) is 18.5 Å². The molecule has 1 saturated carbocycles. The summed E-state index contributed by atoms with van der Waals surface area (Å²) in [6, 6.07) is 6.17. The fourth-order valence-electron chi connectivity index (χ4n) is 4.03. The highest BCUT2D eigenvalue weighted by molar-refractivity contribution is 7.52. The number of nitrogens with zero attached hydrogens (tertiary/aromatic N) is 2. The maximum Gasteiger partial charge on any atom is 0.459 e. The van der Waals surface area contributed by atoms with Gasteiger partial charge in [-0.2, -0.15) is 10.1 Å². The number of aromatic nitrogens is 2. The third kappa shape index (κ3) is 7.86. The van der Waals surface area contributed by atoms with Crippen LogP contribution in [0.3, 0.4) is 0 Å². The second-order valence-corrected chi connectivity index (χ2v) is 11.3. The molecule has 3 N–H and O–H groups in total. The zero-order chi connectivity index (χ0) is 28.2. The molecule has 0 radical (unpaired) electrons. The summed E-state index contributed by atoms with van der Waals surface area (Å²) in [6.45, 7) is 4.74. The minimum Gasteiger partial charge on any atom is -0.462 e. The molecule has 2 aliphatic rings. The van der Waals surface area contributed by atoms with Crippen molar-refractivity contribution in [1.82, 2.24) is 14.6 Å². The number of nitrogens with one attached hydrogen (secondary N) is 1. The van der Waals surface area contributed by atoms with Crippen LogP contribution in [0.2, 0.25) is 0 Å². The first-order valence-corrected chi connectivity index (χ1v) is 14.4. The van der Waals surface area contributed by atoms with E-state index in [2.05, 4.69) is 10.1 Å². The first-order valence-electron chi connectivity index (χ1n) is 12.9. The molecule has 1 unspecified atom stereocenters. The maximum atomic E-state index is 13.8. The van der Waals surface area contributed by atoms with E-state index in [1.165, 1.54) is 6.92 Å². The third-order valence-electron chi connectivity index (χ3n) is 6.21. The number of nitrogen functional groups attached to an aromatic ring is 1. The van der Waals surface area contributed by atoms with Crippen LogP contribution in [0.15, 0.2) is 35.3 Å². The predicted octanol–water partition coefficient (Wildman–Crippen LogP) is 3.63. The third-order valence-corrected chi connectivity index (χ3v) is 7.85. The Labute approximate surface area is 225 Å². The second kappa shape index (κ2) is 12.6. The molecule has 4 rings (SSSR count). The van der Waals surface area contributed by atoms with E-state index < -0.39 is 56.2 Å². The van der Waals surface area contributed by atoms with E-state index >= 15 is 0 Å². The lowest BCUT2D eigenvalue weighted by Crippen LogP contribution is -2.37. The number of halogens is 1. The Morgan fingerprint density at radius 3 is 2.85 bits per heavy atom. The number of ether oxygens (including phenoxy) is 3. The van der Waals surface area contributed by atoms with Crippen LogP contribution in [-0.4, -0.2) is 47.2 Å². The van der Waals surface area contributed by atoms with Crippen molar-refractivity contribution in [3.05, 3.63) is 52.3 Å². The predicted molar refractivity (Wildman–Crippen MR) is 138 cm³/mol. The average Bonchev–Trinajstić information content (AvgIpc) is 3.63. The van der Waals surface area contributed by atoms with Crippen molar-refractivity contribution in [2.45, 2.75) is 77.0 Å². The van der Waals surface area contributed by atoms with Crippen LogP contribution in [-0.2, 0) is 28.1 Å². The van der Waals surface area contributed by atoms with Gasteiger partial charge in [0.05, 0.1) is 18.9 Å². The summed E-state index contributed by atoms with van der Waals surface area (Å²) in [7, 11) is -4.18. The van der Waals surface area contributed by atoms with Gasteiger partial charge in [-0.3, -0.25) is 13.9 Å². The van der Waals surface area contributed by atoms with Crippen molar-refractivity contribution in [3.8, 4) is 5.75 Å². The van der Waals surface area contributed by atoms with E-state index in [1.54, 1.807) is 25.1 Å². The van der Waals surface area contributed by atoms with Gasteiger partial charge in [0.25, 0.3) is 0 Å². The summed E-state index contributed by atoms with van der Waals surface area (Å²) >= 11 is 0. The highest BCUT2D eigenvalue weighted by Crippen LogP contribution is 2.47. The summed E-state index contributed by atoms with van der Waals surface area (Å²) < 4.78 is 56.6. The summed E-state index contributed by atoms with van der Waals surface area (Å²) in [5, 5.41) is 2.64. The van der Waals surface area contributed by atoms with Crippen LogP contribution in [0.1, 0.15) is 64.2 Å². The summed E-state index contributed by atoms with van der Waals surface area (Å²) in [5.41, 5.74) is 5.57. The standard InChI is InChI=1S/C25H34FN4O8P/c1-4-6-15(2)36-24(31)16(3)29-39(33,38-19-8-5-7-18(11-19)17-9-10-17)35-14-22-34-13-21(37-22)30-12-20(26)23(27)28-25(30)32/h5,7-8,11-12,15-17,21-22H,4,6,9-10,13-14H2,1-3H3,(H,29,33)(H2,27,28,32)/t15-,16-,21-,22-,39?/m0/s1. The molecule has 1 aliphatic heterocycles. The van der Waals surface area contributed by atoms with Crippen molar-refractivity contribution in [2.75, 3.05) is 18.9 Å². The molecule has 0 amide bonds. The molecule has 1 aromatic heterocycles. The molecule has 0 spiro atoms. The molecular formula is C25H34FN4O8P. The average molecular weight is 569 g/mol. The van der Waals surface area contributed by atoms with Gasteiger partial charge in [0.1, 0.15) is 18.4 Å². The highest BCUT2D eigenvalue weighted by Gasteiger charge is 2.37. The number of anilines is 1. The minimum absolute atomic E-state index is 0.126. The Morgan fingerprint density at radius 2 is 2.13 bits per heavy atom. The first kappa shape index (κ1) is 29.2. The number of esters is 1. The highest BCUT2D eigenvalue weighted by atomic mass is 31.2. The monoisotopic (exact) mass is 568 g/mol. The van der Waals surface area contributed by atoms with Crippen LogP contribution in [0.5, 0.6) is 5.75 Å². The molecule has 5 atom stereocenters. The molecular weight excluding hydrogens is 534 g/mol. The van der Waals surface area contributed by atoms with Gasteiger partial charge < -0.3 is 24.5 Å². The van der Waals surface area contributed by atoms with E-state index in [4.69, 9.17) is 29.0 Å². The topological polar surface area (TPSA) is 153 Å². The van der Waals surface area contributed by atoms with Gasteiger partial charge in [0, 0.05) is 0 Å². The lowest BCUT2D eigenvalue weighted by Gasteiger charge is -2.24. The van der Waals surface area contributed by atoms with Gasteiger partial charge in [-0.15, -0.1) is 0 Å². The molecule has 0 bridgehead atoms. The minimum atomic E-state index is -4.18. The largest absolute Gasteiger partial charge is 0.462 e. The zero-order valence-electron chi connectivity index (χ0n) is 22.1. The molecule has 1 aromatic carbocycles. The van der Waals surface area contributed by atoms with Gasteiger partial charge in [-0.25, -0.2) is 13.8 Å². The molecule has 12 nitrogen and oxygen atoms in total. The summed E-state index contributed by atoms with van der Waals surface area (Å²) in [5.74, 6) is -1.29. The van der Waals surface area contributed by atoms with E-state index in [-0.39, 0.29) is 12.7 Å². The lowest BCUT2D eigenvalue weighted by atomic mass is 10.1. The smallest absolute Gasteiger partial charge is 0.459 e. The number of hydrogen-bond acceptors (Lipinski definition) is 10. The van der Waals surface area contributed by atoms with Gasteiger partial charge in [0.2, 0.25) is 0 Å². The molecule has 39 heavy (non-hydrogen) atoms. The number of hydrogen-bond donors (Lipinski definition) is 2. The van der Waals surface area contributed by atoms with Gasteiger partial charge in [-0.05, 0) is 56.7 Å². The molecule has 2 heterocycles. The van der Waals surface area contributed by atoms with Gasteiger partial charge >= 0.3 is 19.4 Å². The Morgan fingerprint density at radius 1 is 1.36 bits per heavy atom. The maximum absolute atomic E-state index is 13.8. The molecule has 1 aliphatic carbocycles. The van der Waals surface area contributed by atoms with E-state index in [0.29, 0.717) is 18.1 Å². The van der Waals surface area contributed by atoms with Crippen molar-refractivity contribution in [1.29, 1.82) is 0 Å². The Bertz CT molecular complexity index is 1270. The van der Waals surface area contributed by atoms with Crippen LogP contribution < -0.4 is 21.0 Å². The normalized spacial score (nSPS) is 22.2. The van der Waals surface area contributed by atoms with E-state index in [0.717, 1.165) is 35.6 Å². The number of carbonyl (C=O) groups excluding carboxylic acids is 1. The first-order chi connectivity index (χ1) is 18.6. The molecule has 2 fully saturated rings. The number of carbonyl (C=O) groups is 1. The van der Waals surface area contributed by atoms with Crippen LogP contribution >= 0.6 is 7.75 Å². The van der Waals surface area contributed by atoms with E-state index in [1.807, 2.05) is 13.0 Å². The fraction of sp³-hybridized carbons (Fsp3) is 0.560. The molecule has 214 valence electrons. The molecule has 14 heteroatoms. The number of nitrogens with two attached hydrogens (primary N) is 1. The Hall–Kier alpha value is -2.83. The van der Waals surface area contributed by atoms with Crippen molar-refractivity contribution in [3.63, 3.8) is 0 Å². The summed E-state index contributed by atoms with van der Waals surface area (Å²) in [6.07, 6.45) is 2.15. The SMILES string of the molecule is CCC[C@H](C)OC(=O)[C@H](C)NP(=O)(OC[C@H]1OC[C@@H](n2cc(F)c(N)nc2=O)O1)Oc1cccc(C2CC2)c1.